The van der Waals surface area contributed by atoms with E-state index in [1.165, 1.54) is 18.8 Å². The molecule has 0 fully saturated rings. The lowest BCUT2D eigenvalue weighted by Crippen LogP contribution is -2.03. The van der Waals surface area contributed by atoms with Gasteiger partial charge in [-0.05, 0) is 36.8 Å². The largest absolute Gasteiger partial charge is 0.624 e. The molecule has 24 heavy (non-hydrogen) atoms. The first-order valence-electron chi connectivity index (χ1n) is 7.58. The van der Waals surface area contributed by atoms with Gasteiger partial charge in [0.25, 0.3) is 0 Å². The zero-order valence-corrected chi connectivity index (χ0v) is 14.4. The molecular weight excluding hydrogens is 302 g/mol. The summed E-state index contributed by atoms with van der Waals surface area (Å²) in [6.45, 7) is 2.04. The summed E-state index contributed by atoms with van der Waals surface area (Å²) in [4.78, 5) is 0. The number of nitrogens with zero attached hydrogens (tertiary/aromatic N) is 1. The van der Waals surface area contributed by atoms with Gasteiger partial charge >= 0.3 is 0 Å². The van der Waals surface area contributed by atoms with Crippen LogP contribution < -0.4 is 9.47 Å². The molecule has 0 bridgehead atoms. The minimum Gasteiger partial charge on any atom is -0.624 e. The number of benzene rings is 2. The molecule has 0 spiro atoms. The Morgan fingerprint density at radius 3 is 2.29 bits per heavy atom. The van der Waals surface area contributed by atoms with Crippen molar-refractivity contribution in [2.24, 2.45) is 0 Å². The highest BCUT2D eigenvalue weighted by atomic mass is 16.5. The number of hydrogen-bond donors (Lipinski definition) is 0. The highest BCUT2D eigenvalue weighted by Crippen LogP contribution is 2.30. The van der Waals surface area contributed by atoms with Crippen LogP contribution in [0.2, 0.25) is 0 Å². The Morgan fingerprint density at radius 1 is 1.08 bits per heavy atom. The van der Waals surface area contributed by atoms with Gasteiger partial charge in [-0.1, -0.05) is 29.5 Å². The van der Waals surface area contributed by atoms with Crippen LogP contribution in [-0.4, -0.2) is 32.2 Å². The Balaban J connectivity index is 2.34. The average Bonchev–Trinajstić information content (AvgIpc) is 2.57. The van der Waals surface area contributed by atoms with Gasteiger partial charge in [0.1, 0.15) is 7.05 Å². The Kier molecular flexibility index (Phi) is 5.86. The van der Waals surface area contributed by atoms with Crippen molar-refractivity contribution in [1.82, 2.24) is 0 Å². The molecule has 0 saturated carbocycles. The fourth-order valence-corrected chi connectivity index (χ4v) is 2.28. The van der Waals surface area contributed by atoms with E-state index in [9.17, 15) is 5.21 Å². The van der Waals surface area contributed by atoms with Gasteiger partial charge in [-0.3, -0.25) is 0 Å². The molecule has 0 aliphatic carbocycles. The molecule has 0 N–H and O–H groups in total. The van der Waals surface area contributed by atoms with Gasteiger partial charge in [0, 0.05) is 17.5 Å². The van der Waals surface area contributed by atoms with E-state index in [2.05, 4.69) is 11.8 Å². The molecule has 0 aliphatic rings. The SMILES string of the molecule is COc1cc(/C=[N+](/C)[O-])c(CC#Cc2ccc(C)cc2)cc1OC. The second kappa shape index (κ2) is 8.07. The first-order chi connectivity index (χ1) is 11.5. The van der Waals surface area contributed by atoms with Crippen molar-refractivity contribution in [3.63, 3.8) is 0 Å². The number of ether oxygens (including phenoxy) is 2. The number of hydrogen-bond acceptors (Lipinski definition) is 3. The molecule has 2 aromatic carbocycles. The molecule has 2 aromatic rings. The Morgan fingerprint density at radius 2 is 1.71 bits per heavy atom. The summed E-state index contributed by atoms with van der Waals surface area (Å²) >= 11 is 0. The van der Waals surface area contributed by atoms with Crippen LogP contribution in [0.5, 0.6) is 11.5 Å². The quantitative estimate of drug-likeness (QED) is 0.285. The third-order valence-electron chi connectivity index (χ3n) is 3.53. The molecule has 124 valence electrons. The summed E-state index contributed by atoms with van der Waals surface area (Å²) in [6, 6.07) is 11.7. The lowest BCUT2D eigenvalue weighted by atomic mass is 10.0. The number of hydroxylamine groups is 1. The van der Waals surface area contributed by atoms with E-state index < -0.39 is 0 Å². The van der Waals surface area contributed by atoms with Gasteiger partial charge in [-0.15, -0.1) is 0 Å². The molecule has 0 amide bonds. The maximum Gasteiger partial charge on any atom is 0.182 e. The summed E-state index contributed by atoms with van der Waals surface area (Å²) in [7, 11) is 4.60. The topological polar surface area (TPSA) is 44.5 Å². The van der Waals surface area contributed by atoms with Gasteiger partial charge in [-0.25, -0.2) is 4.74 Å². The number of rotatable bonds is 4. The molecule has 0 radical (unpaired) electrons. The van der Waals surface area contributed by atoms with Crippen molar-refractivity contribution < 1.29 is 14.2 Å². The highest BCUT2D eigenvalue weighted by molar-refractivity contribution is 5.80. The smallest absolute Gasteiger partial charge is 0.182 e. The lowest BCUT2D eigenvalue weighted by molar-refractivity contribution is -0.416. The van der Waals surface area contributed by atoms with E-state index >= 15 is 0 Å². The molecule has 0 heterocycles. The van der Waals surface area contributed by atoms with Crippen molar-refractivity contribution in [1.29, 1.82) is 0 Å². The fourth-order valence-electron chi connectivity index (χ4n) is 2.28. The molecule has 4 nitrogen and oxygen atoms in total. The summed E-state index contributed by atoms with van der Waals surface area (Å²) in [6.07, 6.45) is 2.01. The van der Waals surface area contributed by atoms with Gasteiger partial charge in [0.2, 0.25) is 0 Å². The van der Waals surface area contributed by atoms with Crippen molar-refractivity contribution in [3.05, 3.63) is 63.9 Å². The highest BCUT2D eigenvalue weighted by Gasteiger charge is 2.11. The minimum atomic E-state index is 0.508. The molecule has 0 aliphatic heterocycles. The maximum atomic E-state index is 11.4. The van der Waals surface area contributed by atoms with E-state index in [1.807, 2.05) is 37.3 Å². The van der Waals surface area contributed by atoms with E-state index in [-0.39, 0.29) is 0 Å². The van der Waals surface area contributed by atoms with Crippen LogP contribution in [-0.2, 0) is 6.42 Å². The van der Waals surface area contributed by atoms with Crippen molar-refractivity contribution in [2.75, 3.05) is 21.3 Å². The molecule has 4 heteroatoms. The maximum absolute atomic E-state index is 11.4. The fraction of sp³-hybridized carbons (Fsp3) is 0.250. The summed E-state index contributed by atoms with van der Waals surface area (Å²) in [5.74, 6) is 7.50. The summed E-state index contributed by atoms with van der Waals surface area (Å²) in [5, 5.41) is 11.4. The van der Waals surface area contributed by atoms with Crippen molar-refractivity contribution in [3.8, 4) is 23.3 Å². The third-order valence-corrected chi connectivity index (χ3v) is 3.53. The van der Waals surface area contributed by atoms with Crippen LogP contribution in [0.25, 0.3) is 0 Å². The number of aryl methyl sites for hydroxylation is 1. The Hall–Kier alpha value is -2.93. The molecule has 0 unspecified atom stereocenters. The normalized spacial score (nSPS) is 10.8. The molecule has 0 atom stereocenters. The zero-order valence-electron chi connectivity index (χ0n) is 14.4. The Labute approximate surface area is 142 Å². The second-order valence-electron chi connectivity index (χ2n) is 5.43. The zero-order chi connectivity index (χ0) is 17.5. The van der Waals surface area contributed by atoms with E-state index in [0.29, 0.717) is 17.9 Å². The monoisotopic (exact) mass is 323 g/mol. The van der Waals surface area contributed by atoms with Crippen molar-refractivity contribution in [2.45, 2.75) is 13.3 Å². The van der Waals surface area contributed by atoms with E-state index in [4.69, 9.17) is 9.47 Å². The van der Waals surface area contributed by atoms with Crippen LogP contribution in [0.1, 0.15) is 22.3 Å². The van der Waals surface area contributed by atoms with Crippen LogP contribution in [0.15, 0.2) is 36.4 Å². The van der Waals surface area contributed by atoms with E-state index in [1.54, 1.807) is 20.3 Å². The van der Waals surface area contributed by atoms with Crippen LogP contribution >= 0.6 is 0 Å². The van der Waals surface area contributed by atoms with Gasteiger partial charge < -0.3 is 14.7 Å². The second-order valence-corrected chi connectivity index (χ2v) is 5.43. The first kappa shape index (κ1) is 17.4. The Bertz CT molecular complexity index is 792. The predicted octanol–water partition coefficient (Wildman–Crippen LogP) is 3.17. The summed E-state index contributed by atoms with van der Waals surface area (Å²) < 4.78 is 11.4. The summed E-state index contributed by atoms with van der Waals surface area (Å²) in [5.41, 5.74) is 3.85. The molecular formula is C20H21NO3. The molecule has 0 aromatic heterocycles. The predicted molar refractivity (Wildman–Crippen MR) is 96.0 cm³/mol. The van der Waals surface area contributed by atoms with Crippen molar-refractivity contribution >= 4 is 6.21 Å². The van der Waals surface area contributed by atoms with Gasteiger partial charge in [0.15, 0.2) is 17.7 Å². The third kappa shape index (κ3) is 4.53. The first-order valence-corrected chi connectivity index (χ1v) is 7.58. The van der Waals surface area contributed by atoms with Crippen LogP contribution in [0, 0.1) is 24.0 Å². The van der Waals surface area contributed by atoms with Gasteiger partial charge in [-0.2, -0.15) is 0 Å². The van der Waals surface area contributed by atoms with Gasteiger partial charge in [0.05, 0.1) is 14.2 Å². The minimum absolute atomic E-state index is 0.508. The number of methoxy groups -OCH3 is 2. The van der Waals surface area contributed by atoms with Crippen LogP contribution in [0.3, 0.4) is 0 Å². The molecule has 2 rings (SSSR count). The lowest BCUT2D eigenvalue weighted by Gasteiger charge is -2.11. The average molecular weight is 323 g/mol. The standard InChI is InChI=1S/C20H21NO3/c1-15-8-10-16(11-9-15)6-5-7-17-12-19(23-3)20(24-4)13-18(17)14-21(2)22/h8-14H,7H2,1-4H3/b21-14-. The van der Waals surface area contributed by atoms with Crippen LogP contribution in [0.4, 0.5) is 0 Å². The molecule has 0 saturated heterocycles. The van der Waals surface area contributed by atoms with E-state index in [0.717, 1.165) is 21.4 Å².